The van der Waals surface area contributed by atoms with Crippen LogP contribution in [0, 0.1) is 0 Å². The lowest BCUT2D eigenvalue weighted by Gasteiger charge is -2.12. The summed E-state index contributed by atoms with van der Waals surface area (Å²) in [7, 11) is 0. The molecule has 0 radical (unpaired) electrons. The van der Waals surface area contributed by atoms with E-state index < -0.39 is 17.9 Å². The Morgan fingerprint density at radius 3 is 1.66 bits per heavy atom. The lowest BCUT2D eigenvalue weighted by Crippen LogP contribution is -2.10. The van der Waals surface area contributed by atoms with Crippen LogP contribution in [0.25, 0.3) is 11.1 Å². The molecule has 0 bridgehead atoms. The van der Waals surface area contributed by atoms with Gasteiger partial charge in [0, 0.05) is 18.2 Å². The molecule has 0 atom stereocenters. The predicted molar refractivity (Wildman–Crippen MR) is 119 cm³/mol. The zero-order chi connectivity index (χ0) is 23.3. The Morgan fingerprint density at radius 2 is 1.16 bits per heavy atom. The summed E-state index contributed by atoms with van der Waals surface area (Å²) in [6.45, 7) is 10.5. The SMILES string of the molecule is C=CC(=O)OCCOc1ccc(-c2cc(COC(=O)C=C)cc(COC(=O)C=C)c2)cc1. The third-order valence-corrected chi connectivity index (χ3v) is 4.10. The van der Waals surface area contributed by atoms with Gasteiger partial charge >= 0.3 is 17.9 Å². The maximum atomic E-state index is 11.4. The fourth-order valence-corrected chi connectivity index (χ4v) is 2.63. The minimum atomic E-state index is -0.532. The van der Waals surface area contributed by atoms with Crippen LogP contribution < -0.4 is 4.74 Å². The van der Waals surface area contributed by atoms with Crippen LogP contribution in [0.4, 0.5) is 0 Å². The maximum absolute atomic E-state index is 11.4. The van der Waals surface area contributed by atoms with Crippen molar-refractivity contribution in [3.05, 3.63) is 91.6 Å². The van der Waals surface area contributed by atoms with E-state index in [0.717, 1.165) is 40.5 Å². The molecule has 2 aromatic carbocycles. The fraction of sp³-hybridized carbons (Fsp3) is 0.160. The monoisotopic (exact) mass is 436 g/mol. The highest BCUT2D eigenvalue weighted by Crippen LogP contribution is 2.26. The number of hydrogen-bond donors (Lipinski definition) is 0. The standard InChI is InChI=1S/C25H24O7/c1-4-23(26)30-12-11-29-22-9-7-20(8-10-22)21-14-18(16-31-24(27)5-2)13-19(15-21)17-32-25(28)6-3/h4-10,13-15H,1-3,11-12,16-17H2. The molecule has 0 spiro atoms. The van der Waals surface area contributed by atoms with Crippen molar-refractivity contribution in [2.45, 2.75) is 13.2 Å². The second-order valence-electron chi connectivity index (χ2n) is 6.41. The summed E-state index contributed by atoms with van der Waals surface area (Å²) in [5, 5.41) is 0. The summed E-state index contributed by atoms with van der Waals surface area (Å²) < 4.78 is 20.7. The first kappa shape index (κ1) is 24.1. The molecule has 32 heavy (non-hydrogen) atoms. The van der Waals surface area contributed by atoms with Gasteiger partial charge in [0.1, 0.15) is 32.2 Å². The fourth-order valence-electron chi connectivity index (χ4n) is 2.63. The van der Waals surface area contributed by atoms with Crippen molar-refractivity contribution in [3.63, 3.8) is 0 Å². The van der Waals surface area contributed by atoms with Gasteiger partial charge in [0.25, 0.3) is 0 Å². The van der Waals surface area contributed by atoms with Gasteiger partial charge in [-0.15, -0.1) is 0 Å². The van der Waals surface area contributed by atoms with Gasteiger partial charge in [0.05, 0.1) is 0 Å². The van der Waals surface area contributed by atoms with E-state index in [1.54, 1.807) is 18.2 Å². The van der Waals surface area contributed by atoms with Gasteiger partial charge in [-0.2, -0.15) is 0 Å². The minimum Gasteiger partial charge on any atom is -0.490 e. The van der Waals surface area contributed by atoms with Crippen LogP contribution in [0.2, 0.25) is 0 Å². The van der Waals surface area contributed by atoms with Crippen LogP contribution in [-0.2, 0) is 41.8 Å². The molecular weight excluding hydrogens is 412 g/mol. The number of ether oxygens (including phenoxy) is 4. The average Bonchev–Trinajstić information content (AvgIpc) is 2.83. The number of benzene rings is 2. The topological polar surface area (TPSA) is 88.1 Å². The van der Waals surface area contributed by atoms with Crippen molar-refractivity contribution < 1.29 is 33.3 Å². The maximum Gasteiger partial charge on any atom is 0.330 e. The third kappa shape index (κ3) is 7.95. The number of esters is 3. The van der Waals surface area contributed by atoms with Crippen LogP contribution >= 0.6 is 0 Å². The van der Waals surface area contributed by atoms with Crippen LogP contribution in [0.15, 0.2) is 80.4 Å². The first-order valence-electron chi connectivity index (χ1n) is 9.68. The normalized spacial score (nSPS) is 9.88. The number of carbonyl (C=O) groups excluding carboxylic acids is 3. The highest BCUT2D eigenvalue weighted by molar-refractivity contribution is 5.82. The second-order valence-corrected chi connectivity index (χ2v) is 6.41. The van der Waals surface area contributed by atoms with E-state index in [-0.39, 0.29) is 26.4 Å². The summed E-state index contributed by atoms with van der Waals surface area (Å²) in [4.78, 5) is 33.8. The Labute approximate surface area is 186 Å². The molecule has 0 aromatic heterocycles. The molecule has 7 heteroatoms. The minimum absolute atomic E-state index is 0.0473. The number of carbonyl (C=O) groups is 3. The van der Waals surface area contributed by atoms with E-state index >= 15 is 0 Å². The molecule has 0 saturated heterocycles. The highest BCUT2D eigenvalue weighted by atomic mass is 16.6. The summed E-state index contributed by atoms with van der Waals surface area (Å²) in [5.41, 5.74) is 3.18. The van der Waals surface area contributed by atoms with Crippen LogP contribution in [-0.4, -0.2) is 31.1 Å². The Hall–Kier alpha value is -4.13. The summed E-state index contributed by atoms with van der Waals surface area (Å²) >= 11 is 0. The molecule has 0 aliphatic heterocycles. The van der Waals surface area contributed by atoms with Gasteiger partial charge in [-0.1, -0.05) is 31.9 Å². The average molecular weight is 436 g/mol. The van der Waals surface area contributed by atoms with E-state index in [4.69, 9.17) is 18.9 Å². The molecule has 0 unspecified atom stereocenters. The van der Waals surface area contributed by atoms with Gasteiger partial charge in [0.15, 0.2) is 0 Å². The zero-order valence-electron chi connectivity index (χ0n) is 17.6. The van der Waals surface area contributed by atoms with E-state index in [9.17, 15) is 14.4 Å². The lowest BCUT2D eigenvalue weighted by atomic mass is 10.00. The van der Waals surface area contributed by atoms with Crippen molar-refractivity contribution in [3.8, 4) is 16.9 Å². The predicted octanol–water partition coefficient (Wildman–Crippen LogP) is 3.92. The molecule has 0 N–H and O–H groups in total. The van der Waals surface area contributed by atoms with E-state index in [2.05, 4.69) is 19.7 Å². The molecule has 0 amide bonds. The Balaban J connectivity index is 2.14. The van der Waals surface area contributed by atoms with Crippen LogP contribution in [0.5, 0.6) is 5.75 Å². The van der Waals surface area contributed by atoms with Gasteiger partial charge < -0.3 is 18.9 Å². The Morgan fingerprint density at radius 1 is 0.656 bits per heavy atom. The van der Waals surface area contributed by atoms with E-state index in [1.165, 1.54) is 0 Å². The Bertz CT molecular complexity index is 948. The summed E-state index contributed by atoms with van der Waals surface area (Å²) in [5.74, 6) is -0.956. The molecule has 0 saturated carbocycles. The van der Waals surface area contributed by atoms with Gasteiger partial charge in [-0.25, -0.2) is 14.4 Å². The van der Waals surface area contributed by atoms with Crippen LogP contribution in [0.1, 0.15) is 11.1 Å². The van der Waals surface area contributed by atoms with Crippen molar-refractivity contribution in [2.75, 3.05) is 13.2 Å². The van der Waals surface area contributed by atoms with Crippen molar-refractivity contribution in [2.24, 2.45) is 0 Å². The first-order valence-corrected chi connectivity index (χ1v) is 9.68. The van der Waals surface area contributed by atoms with E-state index in [1.807, 2.05) is 24.3 Å². The van der Waals surface area contributed by atoms with Crippen molar-refractivity contribution in [1.29, 1.82) is 0 Å². The third-order valence-electron chi connectivity index (χ3n) is 4.10. The molecule has 2 aromatic rings. The largest absolute Gasteiger partial charge is 0.490 e. The van der Waals surface area contributed by atoms with Gasteiger partial charge in [-0.05, 0) is 52.6 Å². The lowest BCUT2D eigenvalue weighted by molar-refractivity contribution is -0.139. The molecule has 166 valence electrons. The molecule has 2 rings (SSSR count). The van der Waals surface area contributed by atoms with Crippen LogP contribution in [0.3, 0.4) is 0 Å². The number of rotatable bonds is 12. The van der Waals surface area contributed by atoms with Gasteiger partial charge in [0.2, 0.25) is 0 Å². The summed E-state index contributed by atoms with van der Waals surface area (Å²) in [6, 6.07) is 12.8. The molecular formula is C25H24O7. The smallest absolute Gasteiger partial charge is 0.330 e. The van der Waals surface area contributed by atoms with E-state index in [0.29, 0.717) is 5.75 Å². The molecule has 0 fully saturated rings. The quantitative estimate of drug-likeness (QED) is 0.216. The highest BCUT2D eigenvalue weighted by Gasteiger charge is 2.08. The molecule has 7 nitrogen and oxygen atoms in total. The molecule has 0 aliphatic rings. The van der Waals surface area contributed by atoms with Gasteiger partial charge in [-0.3, -0.25) is 0 Å². The summed E-state index contributed by atoms with van der Waals surface area (Å²) in [6.07, 6.45) is 3.27. The second kappa shape index (κ2) is 12.5. The molecule has 0 heterocycles. The van der Waals surface area contributed by atoms with Crippen molar-refractivity contribution >= 4 is 17.9 Å². The Kier molecular flexibility index (Phi) is 9.46. The van der Waals surface area contributed by atoms with Crippen molar-refractivity contribution in [1.82, 2.24) is 0 Å². The zero-order valence-corrected chi connectivity index (χ0v) is 17.6. The molecule has 0 aliphatic carbocycles. The first-order chi connectivity index (χ1) is 15.4. The number of hydrogen-bond acceptors (Lipinski definition) is 7.